The van der Waals surface area contributed by atoms with Gasteiger partial charge >= 0.3 is 0 Å². The first-order valence-corrected chi connectivity index (χ1v) is 8.35. The summed E-state index contributed by atoms with van der Waals surface area (Å²) in [6.45, 7) is 7.55. The Balaban J connectivity index is 2.12. The molecule has 2 rings (SSSR count). The quantitative estimate of drug-likeness (QED) is 0.880. The van der Waals surface area contributed by atoms with Crippen molar-refractivity contribution >= 4 is 11.6 Å². The smallest absolute Gasteiger partial charge is 0.213 e. The van der Waals surface area contributed by atoms with Crippen LogP contribution in [0.3, 0.4) is 0 Å². The van der Waals surface area contributed by atoms with Gasteiger partial charge in [-0.1, -0.05) is 38.8 Å². The molecule has 3 atom stereocenters. The van der Waals surface area contributed by atoms with Gasteiger partial charge in [0.05, 0.1) is 10.7 Å². The molecule has 0 amide bonds. The van der Waals surface area contributed by atoms with Gasteiger partial charge in [-0.05, 0) is 43.7 Å². The molecule has 21 heavy (non-hydrogen) atoms. The lowest BCUT2D eigenvalue weighted by molar-refractivity contribution is 0.0425. The SMILES string of the molecule is CNCc1nc(OC2CC(C)CCC2C(C)C)ccc1Cl. The molecule has 1 aliphatic rings. The van der Waals surface area contributed by atoms with Gasteiger partial charge in [0.25, 0.3) is 0 Å². The zero-order valence-electron chi connectivity index (χ0n) is 13.5. The van der Waals surface area contributed by atoms with E-state index in [2.05, 4.69) is 31.1 Å². The third-order valence-electron chi connectivity index (χ3n) is 4.47. The molecule has 0 aromatic carbocycles. The van der Waals surface area contributed by atoms with E-state index in [4.69, 9.17) is 16.3 Å². The van der Waals surface area contributed by atoms with Crippen LogP contribution in [-0.2, 0) is 6.54 Å². The van der Waals surface area contributed by atoms with E-state index in [1.165, 1.54) is 12.8 Å². The molecule has 3 nitrogen and oxygen atoms in total. The third-order valence-corrected chi connectivity index (χ3v) is 4.81. The summed E-state index contributed by atoms with van der Waals surface area (Å²) in [7, 11) is 1.89. The third kappa shape index (κ3) is 4.33. The number of rotatable bonds is 5. The molecule has 3 unspecified atom stereocenters. The molecule has 4 heteroatoms. The second-order valence-corrected chi connectivity index (χ2v) is 7.00. The van der Waals surface area contributed by atoms with E-state index in [1.807, 2.05) is 19.2 Å². The van der Waals surface area contributed by atoms with Crippen LogP contribution in [0.25, 0.3) is 0 Å². The minimum absolute atomic E-state index is 0.268. The number of pyridine rings is 1. The standard InChI is InChI=1S/C17H27ClN2O/c1-11(2)13-6-5-12(3)9-16(13)21-17-8-7-14(18)15(20-17)10-19-4/h7-8,11-13,16,19H,5-6,9-10H2,1-4H3. The van der Waals surface area contributed by atoms with Crippen molar-refractivity contribution in [3.05, 3.63) is 22.8 Å². The highest BCUT2D eigenvalue weighted by Gasteiger charge is 2.32. The Morgan fingerprint density at radius 3 is 2.81 bits per heavy atom. The van der Waals surface area contributed by atoms with E-state index in [1.54, 1.807) is 0 Å². The largest absolute Gasteiger partial charge is 0.474 e. The van der Waals surface area contributed by atoms with Crippen LogP contribution in [0.1, 0.15) is 45.7 Å². The van der Waals surface area contributed by atoms with Crippen LogP contribution in [0.15, 0.2) is 12.1 Å². The number of aromatic nitrogens is 1. The Labute approximate surface area is 133 Å². The maximum Gasteiger partial charge on any atom is 0.213 e. The van der Waals surface area contributed by atoms with Crippen molar-refractivity contribution in [2.75, 3.05) is 7.05 Å². The molecule has 1 N–H and O–H groups in total. The molecule has 0 radical (unpaired) electrons. The first-order valence-electron chi connectivity index (χ1n) is 7.98. The van der Waals surface area contributed by atoms with E-state index in [-0.39, 0.29) is 6.10 Å². The predicted molar refractivity (Wildman–Crippen MR) is 87.8 cm³/mol. The Kier molecular flexibility index (Phi) is 5.88. The lowest BCUT2D eigenvalue weighted by Crippen LogP contribution is -2.36. The maximum atomic E-state index is 6.24. The topological polar surface area (TPSA) is 34.2 Å². The second kappa shape index (κ2) is 7.46. The summed E-state index contributed by atoms with van der Waals surface area (Å²) in [6, 6.07) is 3.77. The molecule has 1 aliphatic carbocycles. The molecule has 0 spiro atoms. The molecule has 0 saturated heterocycles. The molecule has 0 aliphatic heterocycles. The molecule has 0 bridgehead atoms. The van der Waals surface area contributed by atoms with Crippen molar-refractivity contribution in [3.8, 4) is 5.88 Å². The molecule has 1 aromatic rings. The minimum atomic E-state index is 0.268. The van der Waals surface area contributed by atoms with Gasteiger partial charge in [-0.2, -0.15) is 0 Å². The van der Waals surface area contributed by atoms with E-state index in [9.17, 15) is 0 Å². The van der Waals surface area contributed by atoms with Gasteiger partial charge in [0.2, 0.25) is 5.88 Å². The number of nitrogens with one attached hydrogen (secondary N) is 1. The van der Waals surface area contributed by atoms with Crippen molar-refractivity contribution < 1.29 is 4.74 Å². The normalized spacial score (nSPS) is 26.1. The zero-order valence-corrected chi connectivity index (χ0v) is 14.3. The van der Waals surface area contributed by atoms with E-state index in [0.717, 1.165) is 18.0 Å². The molecule has 1 aromatic heterocycles. The highest BCUT2D eigenvalue weighted by atomic mass is 35.5. The van der Waals surface area contributed by atoms with Crippen molar-refractivity contribution in [2.24, 2.45) is 17.8 Å². The number of hydrogen-bond acceptors (Lipinski definition) is 3. The van der Waals surface area contributed by atoms with Crippen LogP contribution in [0.2, 0.25) is 5.02 Å². The summed E-state index contributed by atoms with van der Waals surface area (Å²) < 4.78 is 6.24. The van der Waals surface area contributed by atoms with E-state index in [0.29, 0.717) is 29.3 Å². The average molecular weight is 311 g/mol. The summed E-state index contributed by atoms with van der Waals surface area (Å²) in [5, 5.41) is 3.78. The van der Waals surface area contributed by atoms with Gasteiger partial charge in [0, 0.05) is 12.6 Å². The van der Waals surface area contributed by atoms with Gasteiger partial charge in [0.15, 0.2) is 0 Å². The Morgan fingerprint density at radius 1 is 1.38 bits per heavy atom. The van der Waals surface area contributed by atoms with Gasteiger partial charge < -0.3 is 10.1 Å². The van der Waals surface area contributed by atoms with Crippen LogP contribution >= 0.6 is 11.6 Å². The maximum absolute atomic E-state index is 6.24. The summed E-state index contributed by atoms with van der Waals surface area (Å²) in [4.78, 5) is 4.56. The lowest BCUT2D eigenvalue weighted by Gasteiger charge is -2.37. The molecule has 1 saturated carbocycles. The second-order valence-electron chi connectivity index (χ2n) is 6.59. The van der Waals surface area contributed by atoms with E-state index < -0.39 is 0 Å². The lowest BCUT2D eigenvalue weighted by atomic mass is 9.75. The monoisotopic (exact) mass is 310 g/mol. The van der Waals surface area contributed by atoms with Crippen LogP contribution in [-0.4, -0.2) is 18.1 Å². The first kappa shape index (κ1) is 16.6. The summed E-state index contributed by atoms with van der Waals surface area (Å²) in [5.74, 6) is 2.70. The van der Waals surface area contributed by atoms with Gasteiger partial charge in [0.1, 0.15) is 6.10 Å². The van der Waals surface area contributed by atoms with Crippen molar-refractivity contribution in [3.63, 3.8) is 0 Å². The molecule has 1 heterocycles. The van der Waals surface area contributed by atoms with Gasteiger partial charge in [-0.15, -0.1) is 0 Å². The van der Waals surface area contributed by atoms with Crippen molar-refractivity contribution in [1.82, 2.24) is 10.3 Å². The fourth-order valence-corrected chi connectivity index (χ4v) is 3.40. The predicted octanol–water partition coefficient (Wildman–Crippen LogP) is 4.29. The molecular formula is C17H27ClN2O. The van der Waals surface area contributed by atoms with Gasteiger partial charge in [-0.3, -0.25) is 0 Å². The van der Waals surface area contributed by atoms with Crippen molar-refractivity contribution in [1.29, 1.82) is 0 Å². The number of hydrogen-bond donors (Lipinski definition) is 1. The van der Waals surface area contributed by atoms with Crippen LogP contribution < -0.4 is 10.1 Å². The van der Waals surface area contributed by atoms with Crippen LogP contribution in [0.4, 0.5) is 0 Å². The summed E-state index contributed by atoms with van der Waals surface area (Å²) in [5.41, 5.74) is 0.849. The van der Waals surface area contributed by atoms with Gasteiger partial charge in [-0.25, -0.2) is 4.98 Å². The molecule has 118 valence electrons. The number of nitrogens with zero attached hydrogens (tertiary/aromatic N) is 1. The Morgan fingerprint density at radius 2 is 2.14 bits per heavy atom. The zero-order chi connectivity index (χ0) is 15.4. The Bertz CT molecular complexity index is 464. The Hall–Kier alpha value is -0.800. The summed E-state index contributed by atoms with van der Waals surface area (Å²) >= 11 is 6.16. The van der Waals surface area contributed by atoms with E-state index >= 15 is 0 Å². The highest BCUT2D eigenvalue weighted by molar-refractivity contribution is 6.31. The van der Waals surface area contributed by atoms with Crippen molar-refractivity contribution in [2.45, 2.75) is 52.7 Å². The summed E-state index contributed by atoms with van der Waals surface area (Å²) in [6.07, 6.45) is 3.95. The molecule has 1 fully saturated rings. The highest BCUT2D eigenvalue weighted by Crippen LogP contribution is 2.35. The minimum Gasteiger partial charge on any atom is -0.474 e. The average Bonchev–Trinajstić information content (AvgIpc) is 2.42. The van der Waals surface area contributed by atoms with Crippen LogP contribution in [0.5, 0.6) is 5.88 Å². The number of ether oxygens (including phenoxy) is 1. The number of halogens is 1. The molecular weight excluding hydrogens is 284 g/mol. The first-order chi connectivity index (χ1) is 10.0. The fraction of sp³-hybridized carbons (Fsp3) is 0.706. The van der Waals surface area contributed by atoms with Crippen LogP contribution in [0, 0.1) is 17.8 Å². The fourth-order valence-electron chi connectivity index (χ4n) is 3.23.